The van der Waals surface area contributed by atoms with Crippen molar-refractivity contribution in [1.82, 2.24) is 37.2 Å². The van der Waals surface area contributed by atoms with E-state index in [1.165, 1.54) is 34.6 Å². The smallest absolute Gasteiger partial charge is 0.311 e. The summed E-state index contributed by atoms with van der Waals surface area (Å²) in [5, 5.41) is 18.6. The fraction of sp³-hybridized carbons (Fsp3) is 0.722. The third kappa shape index (κ3) is 42.9. The molecule has 14 unspecified atom stereocenters. The molecule has 49 heteroatoms. The van der Waals surface area contributed by atoms with Gasteiger partial charge in [-0.1, -0.05) is 0 Å². The monoisotopic (exact) mass is 1850 g/mol. The minimum absolute atomic E-state index is 0.00109. The number of hydrogen-bond acceptors (Lipinski definition) is 37. The van der Waals surface area contributed by atoms with Gasteiger partial charge in [0.05, 0.1) is 105 Å². The molecule has 0 aliphatic carbocycles. The predicted octanol–water partition coefficient (Wildman–Crippen LogP) is -0.422. The number of benzene rings is 1. The number of rotatable bonds is 59. The number of halogens is 5. The summed E-state index contributed by atoms with van der Waals surface area (Å²) in [4.78, 5) is 201. The quantitative estimate of drug-likeness (QED) is 0.00828. The van der Waals surface area contributed by atoms with Gasteiger partial charge in [-0.15, -0.1) is 0 Å². The molecule has 44 nitrogen and oxygen atoms in total. The first-order valence-electron chi connectivity index (χ1n) is 40.9. The van der Waals surface area contributed by atoms with Crippen LogP contribution in [0.25, 0.3) is 0 Å². The Kier molecular flexibility index (Phi) is 51.0. The normalized spacial score (nSPS) is 21.7. The van der Waals surface area contributed by atoms with E-state index in [1.807, 2.05) is 0 Å². The Morgan fingerprint density at radius 2 is 0.664 bits per heavy atom. The van der Waals surface area contributed by atoms with E-state index in [2.05, 4.69) is 42.0 Å². The molecule has 3 aliphatic rings. The summed E-state index contributed by atoms with van der Waals surface area (Å²) < 4.78 is 187. The number of esters is 9. The maximum absolute atomic E-state index is 14.5. The predicted molar refractivity (Wildman–Crippen MR) is 417 cm³/mol. The van der Waals surface area contributed by atoms with Gasteiger partial charge in [0.25, 0.3) is 0 Å². The maximum atomic E-state index is 14.5. The van der Waals surface area contributed by atoms with E-state index in [4.69, 9.17) is 94.7 Å². The number of ether oxygens (including phenoxy) is 21. The average molecular weight is 1850 g/mol. The van der Waals surface area contributed by atoms with Crippen molar-refractivity contribution in [3.8, 4) is 5.75 Å². The highest BCUT2D eigenvalue weighted by Gasteiger charge is 2.53. The molecule has 0 aromatic heterocycles. The lowest BCUT2D eigenvalue weighted by Gasteiger charge is -2.44. The molecule has 4 rings (SSSR count). The van der Waals surface area contributed by atoms with Gasteiger partial charge in [0, 0.05) is 140 Å². The zero-order valence-corrected chi connectivity index (χ0v) is 73.0. The van der Waals surface area contributed by atoms with Crippen LogP contribution >= 0.6 is 0 Å². The lowest BCUT2D eigenvalue weighted by molar-refractivity contribution is -0.279. The topological polar surface area (TPSA) is 551 Å². The van der Waals surface area contributed by atoms with Gasteiger partial charge in [-0.2, -0.15) is 8.78 Å². The number of carbonyl (C=O) groups excluding carboxylic acids is 16. The zero-order valence-electron chi connectivity index (χ0n) is 73.0. The average Bonchev–Trinajstić information content (AvgIpc) is 0.811. The van der Waals surface area contributed by atoms with Crippen molar-refractivity contribution in [2.75, 3.05) is 139 Å². The lowest BCUT2D eigenvalue weighted by atomic mass is 9.83. The van der Waals surface area contributed by atoms with Crippen LogP contribution < -0.4 is 42.0 Å². The fourth-order valence-corrected chi connectivity index (χ4v) is 12.9. The molecule has 724 valence electrons. The highest BCUT2D eigenvalue weighted by molar-refractivity contribution is 5.81. The molecule has 14 atom stereocenters. The Bertz CT molecular complexity index is 3660. The van der Waals surface area contributed by atoms with Crippen LogP contribution in [0.2, 0.25) is 0 Å². The summed E-state index contributed by atoms with van der Waals surface area (Å²) in [6.45, 7) is 9.97. The van der Waals surface area contributed by atoms with Crippen LogP contribution in [0.3, 0.4) is 0 Å². The molecule has 1 aromatic rings. The van der Waals surface area contributed by atoms with E-state index >= 15 is 0 Å². The van der Waals surface area contributed by atoms with Crippen molar-refractivity contribution >= 4 is 95.1 Å². The first-order valence-corrected chi connectivity index (χ1v) is 40.9. The summed E-state index contributed by atoms with van der Waals surface area (Å²) in [7, 11) is 0. The molecule has 3 fully saturated rings. The molecule has 7 amide bonds. The molecular weight excluding hydrogens is 1730 g/mol. The van der Waals surface area contributed by atoms with Crippen molar-refractivity contribution in [3.63, 3.8) is 0 Å². The van der Waals surface area contributed by atoms with Gasteiger partial charge in [0.1, 0.15) is 56.3 Å². The largest absolute Gasteiger partial charge is 0.463 e. The van der Waals surface area contributed by atoms with Crippen molar-refractivity contribution in [2.45, 2.75) is 232 Å². The van der Waals surface area contributed by atoms with Crippen LogP contribution in [0.5, 0.6) is 5.75 Å². The first-order chi connectivity index (χ1) is 60.7. The first kappa shape index (κ1) is 110. The molecule has 1 aromatic carbocycles. The summed E-state index contributed by atoms with van der Waals surface area (Å²) in [5.41, 5.74) is -1.64. The highest BCUT2D eigenvalue weighted by atomic mass is 19.2. The SMILES string of the molecule is CC(=O)NC1C(OC(C)=O)CC(COC(C)=O)OC1OCCOCCOCCNC(=O)CCC(CCC(=O)NCCOCCOCCOC1OC(COC(C)=O)C(OC(C)=O)C(OC(C)=O)C1NC(C)=O)(CCC(=O)NCCOCCOCCOC1OC(COC(C)=O)C(OC(C)=O)C(OC(C)=O)C1NC(C)=O)NC(=O)CCCC(=O)Oc1c(F)c(F)c(F)c(F)c1F. The maximum Gasteiger partial charge on any atom is 0.311 e. The number of hydrogen-bond donors (Lipinski definition) is 7. The Balaban J connectivity index is 1.44. The second-order valence-electron chi connectivity index (χ2n) is 28.9. The van der Waals surface area contributed by atoms with Crippen LogP contribution in [-0.4, -0.2) is 325 Å². The summed E-state index contributed by atoms with van der Waals surface area (Å²) >= 11 is 0. The molecular formula is C79H116F5N7O37. The van der Waals surface area contributed by atoms with Crippen LogP contribution in [0.4, 0.5) is 22.0 Å². The number of amides is 7. The van der Waals surface area contributed by atoms with Crippen LogP contribution in [0.1, 0.15) is 140 Å². The summed E-state index contributed by atoms with van der Waals surface area (Å²) in [6, 6.07) is -3.43. The van der Waals surface area contributed by atoms with Gasteiger partial charge in [-0.05, 0) is 25.7 Å². The molecule has 128 heavy (non-hydrogen) atoms. The summed E-state index contributed by atoms with van der Waals surface area (Å²) in [6.07, 6.45) is -17.4. The van der Waals surface area contributed by atoms with E-state index in [-0.39, 0.29) is 157 Å². The van der Waals surface area contributed by atoms with Crippen LogP contribution in [0.15, 0.2) is 0 Å². The van der Waals surface area contributed by atoms with Crippen LogP contribution in [0, 0.1) is 29.1 Å². The summed E-state index contributed by atoms with van der Waals surface area (Å²) in [5.74, 6) is -25.9. The molecule has 0 bridgehead atoms. The Morgan fingerprint density at radius 3 is 1.02 bits per heavy atom. The van der Waals surface area contributed by atoms with E-state index in [9.17, 15) is 98.7 Å². The van der Waals surface area contributed by atoms with Gasteiger partial charge < -0.3 is 137 Å². The Hall–Kier alpha value is -10.1. The molecule has 7 N–H and O–H groups in total. The van der Waals surface area contributed by atoms with Gasteiger partial charge in [-0.25, -0.2) is 13.2 Å². The van der Waals surface area contributed by atoms with E-state index in [0.717, 1.165) is 41.5 Å². The fourth-order valence-electron chi connectivity index (χ4n) is 12.9. The third-order valence-corrected chi connectivity index (χ3v) is 18.2. The molecule has 0 spiro atoms. The number of nitrogens with one attached hydrogen (secondary N) is 7. The minimum Gasteiger partial charge on any atom is -0.463 e. The van der Waals surface area contributed by atoms with Gasteiger partial charge in [0.15, 0.2) is 43.3 Å². The van der Waals surface area contributed by atoms with Crippen LogP contribution in [-0.2, 0) is 171 Å². The van der Waals surface area contributed by atoms with Gasteiger partial charge in [-0.3, -0.25) is 76.7 Å². The second kappa shape index (κ2) is 59.2. The van der Waals surface area contributed by atoms with Gasteiger partial charge >= 0.3 is 53.7 Å². The van der Waals surface area contributed by atoms with E-state index in [0.29, 0.717) is 0 Å². The third-order valence-electron chi connectivity index (χ3n) is 18.2. The molecule has 0 saturated carbocycles. The van der Waals surface area contributed by atoms with Gasteiger partial charge in [0.2, 0.25) is 76.2 Å². The Labute approximate surface area is 733 Å². The zero-order chi connectivity index (χ0) is 95.0. The standard InChI is InChI=1S/C79H116F5N7O37/c1-43(92)88-68-55(120-49(7)98)39-54(40-117-46(4)95)125-76(68)114-36-33-111-30-27-108-24-21-85-58(103)15-18-79(91-61(106)13-12-14-62(107)128-73-66(83)64(81)63(80)65(82)67(73)84,19-16-59(104)86-22-25-109-28-31-112-34-37-115-77-69(89-44(2)93)74(123-52(10)101)71(121-50(8)99)56(126-77)41-118-47(5)96)20-17-60(105)87-23-26-110-29-32-113-35-38-116-78-70(90-45(3)94)75(124-53(11)102)72(122-51(9)100)57(127-78)42-119-48(6)97/h54-57,68-72,74-78H,12-42H2,1-11H3,(H,85,103)(H,86,104)(H,87,105)(H,88,92)(H,89,93)(H,90,94)(H,91,106). The number of carbonyl (C=O) groups is 16. The molecule has 3 saturated heterocycles. The molecule has 3 heterocycles. The van der Waals surface area contributed by atoms with E-state index in [1.54, 1.807) is 0 Å². The van der Waals surface area contributed by atoms with Crippen molar-refractivity contribution in [1.29, 1.82) is 0 Å². The second-order valence-corrected chi connectivity index (χ2v) is 28.9. The highest BCUT2D eigenvalue weighted by Crippen LogP contribution is 2.34. The minimum atomic E-state index is -2.52. The molecule has 3 aliphatic heterocycles. The molecule has 0 radical (unpaired) electrons. The van der Waals surface area contributed by atoms with Crippen molar-refractivity contribution in [2.24, 2.45) is 0 Å². The Morgan fingerprint density at radius 1 is 0.344 bits per heavy atom. The lowest BCUT2D eigenvalue weighted by Crippen LogP contribution is -2.66. The van der Waals surface area contributed by atoms with Crippen molar-refractivity contribution in [3.05, 3.63) is 29.1 Å². The van der Waals surface area contributed by atoms with Crippen molar-refractivity contribution < 1.29 is 198 Å². The van der Waals surface area contributed by atoms with E-state index < -0.39 is 267 Å².